The van der Waals surface area contributed by atoms with Crippen molar-refractivity contribution in [3.05, 3.63) is 59.6 Å². The Hall–Kier alpha value is -2.76. The van der Waals surface area contributed by atoms with Crippen LogP contribution in [0, 0.1) is 5.92 Å². The third-order valence-electron chi connectivity index (χ3n) is 3.92. The molecule has 6 nitrogen and oxygen atoms in total. The van der Waals surface area contributed by atoms with E-state index in [0.717, 1.165) is 0 Å². The summed E-state index contributed by atoms with van der Waals surface area (Å²) in [7, 11) is 0. The molecular formula is C18H19NO5. The predicted octanol–water partition coefficient (Wildman–Crippen LogP) is 3.38. The molecule has 0 saturated carbocycles. The van der Waals surface area contributed by atoms with Crippen LogP contribution in [-0.2, 0) is 16.1 Å². The molecular weight excluding hydrogens is 310 g/mol. The summed E-state index contributed by atoms with van der Waals surface area (Å²) in [4.78, 5) is 26.5. The van der Waals surface area contributed by atoms with Gasteiger partial charge in [-0.1, -0.05) is 13.8 Å². The second-order valence-electron chi connectivity index (χ2n) is 6.21. The second kappa shape index (κ2) is 6.39. The quantitative estimate of drug-likeness (QED) is 0.878. The molecule has 0 fully saturated rings. The van der Waals surface area contributed by atoms with Gasteiger partial charge in [-0.25, -0.2) is 0 Å². The highest BCUT2D eigenvalue weighted by atomic mass is 16.3. The lowest BCUT2D eigenvalue weighted by Gasteiger charge is -2.24. The van der Waals surface area contributed by atoms with Crippen molar-refractivity contribution in [2.45, 2.75) is 32.9 Å². The molecule has 0 saturated heterocycles. The SMILES string of the molecule is CC(C)CC(=O)C1=C(O)C(=O)N(Cc2ccco2)C1c1ccco1. The highest BCUT2D eigenvalue weighted by Gasteiger charge is 2.45. The summed E-state index contributed by atoms with van der Waals surface area (Å²) in [5.41, 5.74) is 0.0928. The summed E-state index contributed by atoms with van der Waals surface area (Å²) in [6.45, 7) is 3.96. The molecule has 1 unspecified atom stereocenters. The van der Waals surface area contributed by atoms with Crippen LogP contribution in [0.25, 0.3) is 0 Å². The molecule has 0 bridgehead atoms. The van der Waals surface area contributed by atoms with Crippen LogP contribution in [-0.4, -0.2) is 21.7 Å². The zero-order valence-electron chi connectivity index (χ0n) is 13.6. The Labute approximate surface area is 139 Å². The zero-order valence-corrected chi connectivity index (χ0v) is 13.6. The number of Topliss-reactive ketones (excluding diaryl/α,β-unsaturated/α-hetero) is 1. The lowest BCUT2D eigenvalue weighted by atomic mass is 9.95. The van der Waals surface area contributed by atoms with E-state index in [2.05, 4.69) is 0 Å². The molecule has 1 N–H and O–H groups in total. The Morgan fingerprint density at radius 1 is 1.25 bits per heavy atom. The van der Waals surface area contributed by atoms with Crippen LogP contribution >= 0.6 is 0 Å². The molecule has 126 valence electrons. The first-order valence-electron chi connectivity index (χ1n) is 7.82. The smallest absolute Gasteiger partial charge is 0.290 e. The number of carbonyl (C=O) groups excluding carboxylic acids is 2. The number of ketones is 1. The second-order valence-corrected chi connectivity index (χ2v) is 6.21. The maximum Gasteiger partial charge on any atom is 0.290 e. The number of carbonyl (C=O) groups is 2. The van der Waals surface area contributed by atoms with Gasteiger partial charge in [0.2, 0.25) is 0 Å². The third-order valence-corrected chi connectivity index (χ3v) is 3.92. The van der Waals surface area contributed by atoms with Gasteiger partial charge in [-0.15, -0.1) is 0 Å². The van der Waals surface area contributed by atoms with Gasteiger partial charge in [-0.05, 0) is 30.2 Å². The van der Waals surface area contributed by atoms with E-state index in [9.17, 15) is 14.7 Å². The van der Waals surface area contributed by atoms with Crippen molar-refractivity contribution in [2.75, 3.05) is 0 Å². The van der Waals surface area contributed by atoms with Crippen LogP contribution in [0.3, 0.4) is 0 Å². The van der Waals surface area contributed by atoms with E-state index >= 15 is 0 Å². The first kappa shape index (κ1) is 16.1. The van der Waals surface area contributed by atoms with E-state index in [-0.39, 0.29) is 30.2 Å². The number of amides is 1. The zero-order chi connectivity index (χ0) is 17.3. The van der Waals surface area contributed by atoms with Crippen molar-refractivity contribution in [3.63, 3.8) is 0 Å². The highest BCUT2D eigenvalue weighted by molar-refractivity contribution is 6.08. The fraction of sp³-hybridized carbons (Fsp3) is 0.333. The summed E-state index contributed by atoms with van der Waals surface area (Å²) in [6, 6.07) is 6.08. The molecule has 6 heteroatoms. The largest absolute Gasteiger partial charge is 0.503 e. The Balaban J connectivity index is 1.99. The number of aliphatic hydroxyl groups excluding tert-OH is 1. The number of hydrogen-bond acceptors (Lipinski definition) is 5. The number of aliphatic hydroxyl groups is 1. The van der Waals surface area contributed by atoms with E-state index < -0.39 is 17.7 Å². The molecule has 1 aliphatic rings. The summed E-state index contributed by atoms with van der Waals surface area (Å²) in [5, 5.41) is 10.3. The van der Waals surface area contributed by atoms with E-state index in [0.29, 0.717) is 11.5 Å². The van der Waals surface area contributed by atoms with Crippen molar-refractivity contribution in [1.82, 2.24) is 4.90 Å². The predicted molar refractivity (Wildman–Crippen MR) is 84.8 cm³/mol. The van der Waals surface area contributed by atoms with Gasteiger partial charge in [0.1, 0.15) is 17.6 Å². The molecule has 0 radical (unpaired) electrons. The van der Waals surface area contributed by atoms with E-state index in [1.54, 1.807) is 24.3 Å². The summed E-state index contributed by atoms with van der Waals surface area (Å²) in [5.74, 6) is -0.242. The van der Waals surface area contributed by atoms with Crippen LogP contribution in [0.5, 0.6) is 0 Å². The van der Waals surface area contributed by atoms with Gasteiger partial charge in [-0.3, -0.25) is 9.59 Å². The van der Waals surface area contributed by atoms with Gasteiger partial charge in [0.25, 0.3) is 5.91 Å². The first-order chi connectivity index (χ1) is 11.5. The van der Waals surface area contributed by atoms with Gasteiger partial charge in [0.05, 0.1) is 24.6 Å². The average molecular weight is 329 g/mol. The van der Waals surface area contributed by atoms with Crippen molar-refractivity contribution in [1.29, 1.82) is 0 Å². The fourth-order valence-corrected chi connectivity index (χ4v) is 2.90. The summed E-state index contributed by atoms with van der Waals surface area (Å²) >= 11 is 0. The standard InChI is InChI=1S/C18H19NO5/c1-11(2)9-13(20)15-16(14-6-4-8-24-14)19(18(22)17(15)21)10-12-5-3-7-23-12/h3-8,11,16,21H,9-10H2,1-2H3. The van der Waals surface area contributed by atoms with E-state index in [4.69, 9.17) is 8.83 Å². The van der Waals surface area contributed by atoms with Gasteiger partial charge in [0, 0.05) is 6.42 Å². The molecule has 3 heterocycles. The molecule has 0 spiro atoms. The Kier molecular flexibility index (Phi) is 4.29. The summed E-state index contributed by atoms with van der Waals surface area (Å²) < 4.78 is 10.7. The van der Waals surface area contributed by atoms with Crippen molar-refractivity contribution in [3.8, 4) is 0 Å². The van der Waals surface area contributed by atoms with Gasteiger partial charge >= 0.3 is 0 Å². The number of nitrogens with zero attached hydrogens (tertiary/aromatic N) is 1. The van der Waals surface area contributed by atoms with Gasteiger partial charge < -0.3 is 18.8 Å². The highest BCUT2D eigenvalue weighted by Crippen LogP contribution is 2.39. The van der Waals surface area contributed by atoms with E-state index in [1.165, 1.54) is 17.4 Å². The third kappa shape index (κ3) is 2.87. The van der Waals surface area contributed by atoms with Gasteiger partial charge in [-0.2, -0.15) is 0 Å². The topological polar surface area (TPSA) is 83.9 Å². The molecule has 1 aliphatic heterocycles. The molecule has 2 aromatic rings. The molecule has 2 aromatic heterocycles. The Bertz CT molecular complexity index is 755. The normalized spacial score (nSPS) is 18.0. The maximum atomic E-state index is 12.6. The molecule has 24 heavy (non-hydrogen) atoms. The molecule has 0 aromatic carbocycles. The molecule has 3 rings (SSSR count). The minimum atomic E-state index is -0.746. The molecule has 1 atom stereocenters. The fourth-order valence-electron chi connectivity index (χ4n) is 2.90. The summed E-state index contributed by atoms with van der Waals surface area (Å²) in [6.07, 6.45) is 3.24. The average Bonchev–Trinajstić information content (AvgIpc) is 3.24. The van der Waals surface area contributed by atoms with Crippen LogP contribution in [0.2, 0.25) is 0 Å². The van der Waals surface area contributed by atoms with Crippen molar-refractivity contribution >= 4 is 11.7 Å². The van der Waals surface area contributed by atoms with Gasteiger partial charge in [0.15, 0.2) is 11.5 Å². The lowest BCUT2D eigenvalue weighted by molar-refractivity contribution is -0.130. The molecule has 1 amide bonds. The lowest BCUT2D eigenvalue weighted by Crippen LogP contribution is -2.30. The Morgan fingerprint density at radius 2 is 1.96 bits per heavy atom. The van der Waals surface area contributed by atoms with Crippen LogP contribution < -0.4 is 0 Å². The van der Waals surface area contributed by atoms with Crippen LogP contribution in [0.1, 0.15) is 37.8 Å². The number of hydrogen-bond donors (Lipinski definition) is 1. The minimum absolute atomic E-state index is 0.0928. The van der Waals surface area contributed by atoms with Crippen molar-refractivity contribution < 1.29 is 23.5 Å². The maximum absolute atomic E-state index is 12.6. The first-order valence-corrected chi connectivity index (χ1v) is 7.82. The number of rotatable bonds is 6. The van der Waals surface area contributed by atoms with Crippen LogP contribution in [0.4, 0.5) is 0 Å². The van der Waals surface area contributed by atoms with Crippen molar-refractivity contribution in [2.24, 2.45) is 5.92 Å². The molecule has 0 aliphatic carbocycles. The van der Waals surface area contributed by atoms with E-state index in [1.807, 2.05) is 13.8 Å². The minimum Gasteiger partial charge on any atom is -0.503 e. The van der Waals surface area contributed by atoms with Crippen LogP contribution in [0.15, 0.2) is 57.0 Å². The monoisotopic (exact) mass is 329 g/mol. The number of furan rings is 2. The Morgan fingerprint density at radius 3 is 2.54 bits per heavy atom.